The van der Waals surface area contributed by atoms with Gasteiger partial charge in [-0.3, -0.25) is 19.7 Å². The molecule has 1 aliphatic heterocycles. The summed E-state index contributed by atoms with van der Waals surface area (Å²) in [4.78, 5) is 39.1. The average Bonchev–Trinajstić information content (AvgIpc) is 2.97. The van der Waals surface area contributed by atoms with E-state index in [-0.39, 0.29) is 23.4 Å². The van der Waals surface area contributed by atoms with Gasteiger partial charge in [0.15, 0.2) is 0 Å². The Morgan fingerprint density at radius 2 is 1.73 bits per heavy atom. The Morgan fingerprint density at radius 1 is 1.13 bits per heavy atom. The van der Waals surface area contributed by atoms with Gasteiger partial charge < -0.3 is 14.9 Å². The molecule has 1 fully saturated rings. The fourth-order valence-electron chi connectivity index (χ4n) is 3.31. The van der Waals surface area contributed by atoms with Gasteiger partial charge >= 0.3 is 0 Å². The normalized spacial score (nSPS) is 18.3. The lowest BCUT2D eigenvalue weighted by molar-refractivity contribution is -0.384. The third-order valence-electron chi connectivity index (χ3n) is 4.87. The van der Waals surface area contributed by atoms with Crippen LogP contribution < -0.4 is 0 Å². The van der Waals surface area contributed by atoms with Crippen LogP contribution >= 0.6 is 0 Å². The number of rotatable bonds is 6. The minimum Gasteiger partial charge on any atom is -0.507 e. The quantitative estimate of drug-likeness (QED) is 0.257. The van der Waals surface area contributed by atoms with Crippen molar-refractivity contribution < 1.29 is 24.0 Å². The van der Waals surface area contributed by atoms with E-state index in [1.807, 2.05) is 19.0 Å². The number of hydrogen-bond acceptors (Lipinski definition) is 6. The van der Waals surface area contributed by atoms with Crippen LogP contribution in [-0.2, 0) is 9.59 Å². The highest BCUT2D eigenvalue weighted by Crippen LogP contribution is 2.39. The summed E-state index contributed by atoms with van der Waals surface area (Å²) in [6, 6.07) is 9.44. The van der Waals surface area contributed by atoms with E-state index in [9.17, 15) is 29.2 Å². The molecule has 0 unspecified atom stereocenters. The third-order valence-corrected chi connectivity index (χ3v) is 4.87. The first-order chi connectivity index (χ1) is 14.2. The monoisotopic (exact) mass is 413 g/mol. The maximum absolute atomic E-state index is 13.3. The molecule has 1 atom stereocenters. The number of benzene rings is 2. The topological polar surface area (TPSA) is 104 Å². The van der Waals surface area contributed by atoms with Crippen LogP contribution in [0.2, 0.25) is 0 Å². The number of non-ortho nitro benzene ring substituents is 1. The molecular formula is C21H20FN3O5. The lowest BCUT2D eigenvalue weighted by Crippen LogP contribution is -2.35. The Bertz CT molecular complexity index is 1020. The van der Waals surface area contributed by atoms with Crippen molar-refractivity contribution in [2.24, 2.45) is 0 Å². The van der Waals surface area contributed by atoms with E-state index in [1.165, 1.54) is 41.3 Å². The SMILES string of the molecule is CN(C)CCN1C(=O)C(=O)/C(=C(/O)c2ccc(F)cc2)[C@@H]1c1ccc([N+](=O)[O-])cc1. The summed E-state index contributed by atoms with van der Waals surface area (Å²) in [6.07, 6.45) is 0. The number of carbonyl (C=O) groups excluding carboxylic acids is 2. The van der Waals surface area contributed by atoms with E-state index >= 15 is 0 Å². The second-order valence-electron chi connectivity index (χ2n) is 7.15. The van der Waals surface area contributed by atoms with Gasteiger partial charge in [0.2, 0.25) is 0 Å². The molecule has 1 amide bonds. The maximum Gasteiger partial charge on any atom is 0.295 e. The van der Waals surface area contributed by atoms with Crippen molar-refractivity contribution in [2.45, 2.75) is 6.04 Å². The Balaban J connectivity index is 2.13. The maximum atomic E-state index is 13.3. The highest BCUT2D eigenvalue weighted by atomic mass is 19.1. The fourth-order valence-corrected chi connectivity index (χ4v) is 3.31. The molecule has 2 aromatic rings. The molecule has 8 nitrogen and oxygen atoms in total. The molecule has 1 aliphatic rings. The fraction of sp³-hybridized carbons (Fsp3) is 0.238. The van der Waals surface area contributed by atoms with Gasteiger partial charge in [-0.1, -0.05) is 0 Å². The molecule has 30 heavy (non-hydrogen) atoms. The van der Waals surface area contributed by atoms with Crippen LogP contribution in [0.15, 0.2) is 54.1 Å². The summed E-state index contributed by atoms with van der Waals surface area (Å²) in [5.74, 6) is -2.57. The van der Waals surface area contributed by atoms with E-state index < -0.39 is 34.2 Å². The lowest BCUT2D eigenvalue weighted by Gasteiger charge is -2.26. The number of nitrogens with zero attached hydrogens (tertiary/aromatic N) is 3. The largest absolute Gasteiger partial charge is 0.507 e. The summed E-state index contributed by atoms with van der Waals surface area (Å²) >= 11 is 0. The van der Waals surface area contributed by atoms with Crippen molar-refractivity contribution in [3.05, 3.63) is 81.2 Å². The molecule has 0 saturated carbocycles. The van der Waals surface area contributed by atoms with Gasteiger partial charge in [-0.25, -0.2) is 4.39 Å². The minimum absolute atomic E-state index is 0.137. The highest BCUT2D eigenvalue weighted by molar-refractivity contribution is 6.46. The number of amides is 1. The first-order valence-corrected chi connectivity index (χ1v) is 9.14. The van der Waals surface area contributed by atoms with Crippen LogP contribution in [0, 0.1) is 15.9 Å². The first kappa shape index (κ1) is 21.1. The van der Waals surface area contributed by atoms with Crippen molar-refractivity contribution in [3.8, 4) is 0 Å². The van der Waals surface area contributed by atoms with Crippen molar-refractivity contribution in [1.82, 2.24) is 9.80 Å². The molecule has 1 saturated heterocycles. The smallest absolute Gasteiger partial charge is 0.295 e. The van der Waals surface area contributed by atoms with Gasteiger partial charge in [-0.05, 0) is 56.1 Å². The van der Waals surface area contributed by atoms with Crippen molar-refractivity contribution in [2.75, 3.05) is 27.2 Å². The number of nitro groups is 1. The second kappa shape index (κ2) is 8.42. The van der Waals surface area contributed by atoms with Crippen LogP contribution in [-0.4, -0.2) is 58.7 Å². The number of nitro benzene ring substituents is 1. The first-order valence-electron chi connectivity index (χ1n) is 9.14. The zero-order valence-corrected chi connectivity index (χ0v) is 16.4. The van der Waals surface area contributed by atoms with Gasteiger partial charge in [0, 0.05) is 30.8 Å². The Morgan fingerprint density at radius 3 is 2.27 bits per heavy atom. The van der Waals surface area contributed by atoms with Gasteiger partial charge in [-0.2, -0.15) is 0 Å². The number of likely N-dealkylation sites (N-methyl/N-ethyl adjacent to an activating group) is 1. The predicted molar refractivity (Wildman–Crippen MR) is 107 cm³/mol. The number of carbonyl (C=O) groups is 2. The van der Waals surface area contributed by atoms with Crippen LogP contribution in [0.1, 0.15) is 17.2 Å². The van der Waals surface area contributed by atoms with E-state index in [0.717, 1.165) is 12.1 Å². The molecule has 2 aromatic carbocycles. The summed E-state index contributed by atoms with van der Waals surface area (Å²) < 4.78 is 13.3. The van der Waals surface area contributed by atoms with E-state index in [4.69, 9.17) is 0 Å². The molecule has 1 heterocycles. The lowest BCUT2D eigenvalue weighted by atomic mass is 9.95. The molecule has 0 bridgehead atoms. The standard InChI is InChI=1S/C21H20FN3O5/c1-23(2)11-12-24-18(13-5-9-16(10-6-13)25(29)30)17(20(27)21(24)28)19(26)14-3-7-15(22)8-4-14/h3-10,18,26H,11-12H2,1-2H3/b19-17+/t18-/m0/s1. The van der Waals surface area contributed by atoms with Crippen LogP contribution in [0.4, 0.5) is 10.1 Å². The summed E-state index contributed by atoms with van der Waals surface area (Å²) in [5, 5.41) is 21.8. The summed E-state index contributed by atoms with van der Waals surface area (Å²) in [6.45, 7) is 0.673. The van der Waals surface area contributed by atoms with Crippen molar-refractivity contribution in [1.29, 1.82) is 0 Å². The number of ketones is 1. The minimum atomic E-state index is -0.921. The van der Waals surface area contributed by atoms with Gasteiger partial charge in [0.25, 0.3) is 17.4 Å². The van der Waals surface area contributed by atoms with Gasteiger partial charge in [-0.15, -0.1) is 0 Å². The number of likely N-dealkylation sites (tertiary alicyclic amines) is 1. The van der Waals surface area contributed by atoms with E-state index in [0.29, 0.717) is 12.1 Å². The van der Waals surface area contributed by atoms with Gasteiger partial charge in [0.1, 0.15) is 11.6 Å². The van der Waals surface area contributed by atoms with E-state index in [1.54, 1.807) is 0 Å². The zero-order valence-electron chi connectivity index (χ0n) is 16.4. The molecular weight excluding hydrogens is 393 g/mol. The van der Waals surface area contributed by atoms with Crippen molar-refractivity contribution >= 4 is 23.1 Å². The van der Waals surface area contributed by atoms with Crippen molar-refractivity contribution in [3.63, 3.8) is 0 Å². The number of aliphatic hydroxyl groups excluding tert-OH is 1. The van der Waals surface area contributed by atoms with Crippen LogP contribution in [0.25, 0.3) is 5.76 Å². The van der Waals surface area contributed by atoms with Crippen LogP contribution in [0.5, 0.6) is 0 Å². The third kappa shape index (κ3) is 4.06. The van der Waals surface area contributed by atoms with Gasteiger partial charge in [0.05, 0.1) is 16.5 Å². The molecule has 9 heteroatoms. The molecule has 0 radical (unpaired) electrons. The number of Topliss-reactive ketones (excluding diaryl/α,β-unsaturated/α-hetero) is 1. The molecule has 1 N–H and O–H groups in total. The van der Waals surface area contributed by atoms with Crippen LogP contribution in [0.3, 0.4) is 0 Å². The number of aliphatic hydroxyl groups is 1. The summed E-state index contributed by atoms with van der Waals surface area (Å²) in [5.41, 5.74) is 0.359. The molecule has 0 aliphatic carbocycles. The second-order valence-corrected chi connectivity index (χ2v) is 7.15. The molecule has 156 valence electrons. The molecule has 0 spiro atoms. The Labute approximate surface area is 172 Å². The highest BCUT2D eigenvalue weighted by Gasteiger charge is 2.45. The average molecular weight is 413 g/mol. The Hall–Kier alpha value is -3.59. The molecule has 0 aromatic heterocycles. The number of hydrogen-bond donors (Lipinski definition) is 1. The molecule has 3 rings (SSSR count). The number of halogens is 1. The Kier molecular flexibility index (Phi) is 5.93. The zero-order chi connectivity index (χ0) is 22.0. The predicted octanol–water partition coefficient (Wildman–Crippen LogP) is 2.72. The summed E-state index contributed by atoms with van der Waals surface area (Å²) in [7, 11) is 3.63. The van der Waals surface area contributed by atoms with E-state index in [2.05, 4.69) is 0 Å².